The fourth-order valence-corrected chi connectivity index (χ4v) is 3.33. The van der Waals surface area contributed by atoms with Gasteiger partial charge in [-0.1, -0.05) is 24.3 Å². The normalized spacial score (nSPS) is 10.9. The minimum atomic E-state index is -0.927. The zero-order valence-corrected chi connectivity index (χ0v) is 17.4. The van der Waals surface area contributed by atoms with Gasteiger partial charge in [-0.15, -0.1) is 5.10 Å². The molecule has 0 aliphatic rings. The third kappa shape index (κ3) is 4.07. The summed E-state index contributed by atoms with van der Waals surface area (Å²) in [5.41, 5.74) is 3.13. The number of anilines is 1. The highest BCUT2D eigenvalue weighted by molar-refractivity contribution is 6.04. The molecule has 6 nitrogen and oxygen atoms in total. The van der Waals surface area contributed by atoms with E-state index in [0.29, 0.717) is 17.8 Å². The molecule has 1 N–H and O–H groups in total. The van der Waals surface area contributed by atoms with Gasteiger partial charge in [-0.2, -0.15) is 4.68 Å². The quantitative estimate of drug-likeness (QED) is 0.477. The Morgan fingerprint density at radius 3 is 2.31 bits per heavy atom. The first kappa shape index (κ1) is 21.2. The summed E-state index contributed by atoms with van der Waals surface area (Å²) >= 11 is 0. The van der Waals surface area contributed by atoms with Crippen molar-refractivity contribution in [2.75, 3.05) is 5.32 Å². The zero-order chi connectivity index (χ0) is 22.8. The molecule has 0 bridgehead atoms. The Morgan fingerprint density at radius 1 is 1.03 bits per heavy atom. The van der Waals surface area contributed by atoms with Gasteiger partial charge < -0.3 is 9.73 Å². The maximum atomic E-state index is 13.8. The predicted molar refractivity (Wildman–Crippen MR) is 116 cm³/mol. The van der Waals surface area contributed by atoms with Gasteiger partial charge in [-0.25, -0.2) is 13.6 Å². The molecule has 4 aromatic rings. The number of nitrogens with zero attached hydrogens (tertiary/aromatic N) is 2. The molecule has 1 heterocycles. The Hall–Kier alpha value is -4.07. The van der Waals surface area contributed by atoms with E-state index in [-0.39, 0.29) is 5.89 Å². The molecule has 162 valence electrons. The second kappa shape index (κ2) is 8.58. The molecular formula is C24H19F2N3O3. The van der Waals surface area contributed by atoms with E-state index in [2.05, 4.69) is 10.4 Å². The summed E-state index contributed by atoms with van der Waals surface area (Å²) in [5.74, 6) is -3.01. The third-order valence-electron chi connectivity index (χ3n) is 5.03. The second-order valence-corrected chi connectivity index (χ2v) is 7.15. The van der Waals surface area contributed by atoms with Gasteiger partial charge in [-0.05, 0) is 66.9 Å². The van der Waals surface area contributed by atoms with Crippen LogP contribution in [0.2, 0.25) is 0 Å². The van der Waals surface area contributed by atoms with E-state index in [1.54, 1.807) is 31.2 Å². The number of hydrogen-bond donors (Lipinski definition) is 1. The van der Waals surface area contributed by atoms with E-state index in [1.165, 1.54) is 10.7 Å². The maximum Gasteiger partial charge on any atom is 0.437 e. The van der Waals surface area contributed by atoms with Crippen LogP contribution in [0.1, 0.15) is 22.8 Å². The Labute approximate surface area is 182 Å². The Morgan fingerprint density at radius 2 is 1.69 bits per heavy atom. The molecule has 0 radical (unpaired) electrons. The van der Waals surface area contributed by atoms with Gasteiger partial charge in [-0.3, -0.25) is 4.79 Å². The van der Waals surface area contributed by atoms with E-state index in [1.807, 2.05) is 25.1 Å². The number of hydrogen-bond acceptors (Lipinski definition) is 4. The number of amides is 1. The van der Waals surface area contributed by atoms with Gasteiger partial charge in [0.1, 0.15) is 17.2 Å². The second-order valence-electron chi connectivity index (χ2n) is 7.15. The molecule has 0 aliphatic carbocycles. The summed E-state index contributed by atoms with van der Waals surface area (Å²) < 4.78 is 34.1. The summed E-state index contributed by atoms with van der Waals surface area (Å²) in [6.07, 6.45) is 0. The monoisotopic (exact) mass is 435 g/mol. The van der Waals surface area contributed by atoms with Crippen LogP contribution in [0.25, 0.3) is 22.6 Å². The highest BCUT2D eigenvalue weighted by Crippen LogP contribution is 2.29. The van der Waals surface area contributed by atoms with Crippen LogP contribution in [-0.4, -0.2) is 15.7 Å². The molecule has 32 heavy (non-hydrogen) atoms. The van der Waals surface area contributed by atoms with Gasteiger partial charge in [0.2, 0.25) is 5.89 Å². The molecule has 3 aromatic carbocycles. The van der Waals surface area contributed by atoms with Crippen LogP contribution in [0, 0.1) is 18.6 Å². The van der Waals surface area contributed by atoms with E-state index in [9.17, 15) is 18.4 Å². The van der Waals surface area contributed by atoms with E-state index >= 15 is 0 Å². The molecule has 0 atom stereocenters. The van der Waals surface area contributed by atoms with Crippen molar-refractivity contribution in [1.29, 1.82) is 0 Å². The van der Waals surface area contributed by atoms with Gasteiger partial charge in [0.05, 0.1) is 0 Å². The minimum absolute atomic E-state index is 0.230. The highest BCUT2D eigenvalue weighted by Gasteiger charge is 2.17. The number of carbonyl (C=O) groups is 1. The van der Waals surface area contributed by atoms with Crippen molar-refractivity contribution in [3.63, 3.8) is 0 Å². The number of benzene rings is 3. The Kier molecular flexibility index (Phi) is 5.68. The first-order chi connectivity index (χ1) is 15.4. The van der Waals surface area contributed by atoms with Crippen LogP contribution < -0.4 is 11.1 Å². The van der Waals surface area contributed by atoms with Crippen LogP contribution >= 0.6 is 0 Å². The molecule has 4 rings (SSSR count). The lowest BCUT2D eigenvalue weighted by atomic mass is 9.98. The molecule has 0 saturated heterocycles. The van der Waals surface area contributed by atoms with Gasteiger partial charge in [0.25, 0.3) is 5.91 Å². The van der Waals surface area contributed by atoms with Crippen molar-refractivity contribution in [3.05, 3.63) is 94.0 Å². The van der Waals surface area contributed by atoms with Crippen LogP contribution in [0.15, 0.2) is 69.9 Å². The van der Waals surface area contributed by atoms with Gasteiger partial charge in [0, 0.05) is 17.8 Å². The molecule has 0 spiro atoms. The van der Waals surface area contributed by atoms with Crippen LogP contribution in [0.5, 0.6) is 0 Å². The SMILES string of the molecule is CCn1nc(-c2ccc(C)c(-c3ccc(NC(=O)c4c(F)cccc4F)cc3)c2)oc1=O. The number of halogens is 2. The average molecular weight is 435 g/mol. The van der Waals surface area contributed by atoms with Crippen molar-refractivity contribution < 1.29 is 18.0 Å². The summed E-state index contributed by atoms with van der Waals surface area (Å²) in [6, 6.07) is 15.7. The molecule has 1 amide bonds. The highest BCUT2D eigenvalue weighted by atomic mass is 19.1. The summed E-state index contributed by atoms with van der Waals surface area (Å²) in [6.45, 7) is 4.15. The molecule has 8 heteroatoms. The van der Waals surface area contributed by atoms with Crippen molar-refractivity contribution >= 4 is 11.6 Å². The number of rotatable bonds is 5. The standard InChI is InChI=1S/C24H19F2N3O3/c1-3-29-24(31)32-23(28-29)16-8-7-14(2)18(13-16)15-9-11-17(12-10-15)27-22(30)21-19(25)5-4-6-20(21)26/h4-13H,3H2,1-2H3,(H,27,30). The molecule has 1 aromatic heterocycles. The zero-order valence-electron chi connectivity index (χ0n) is 17.4. The van der Waals surface area contributed by atoms with Crippen molar-refractivity contribution in [2.45, 2.75) is 20.4 Å². The summed E-state index contributed by atoms with van der Waals surface area (Å²) in [4.78, 5) is 24.1. The van der Waals surface area contributed by atoms with Gasteiger partial charge >= 0.3 is 5.76 Å². The summed E-state index contributed by atoms with van der Waals surface area (Å²) in [7, 11) is 0. The van der Waals surface area contributed by atoms with Crippen molar-refractivity contribution in [3.8, 4) is 22.6 Å². The molecule has 0 fully saturated rings. The van der Waals surface area contributed by atoms with Crippen molar-refractivity contribution in [2.24, 2.45) is 0 Å². The largest absolute Gasteiger partial charge is 0.437 e. The summed E-state index contributed by atoms with van der Waals surface area (Å²) in [5, 5.41) is 6.69. The molecular weight excluding hydrogens is 416 g/mol. The molecule has 0 aliphatic heterocycles. The topological polar surface area (TPSA) is 77.1 Å². The predicted octanol–water partition coefficient (Wildman–Crippen LogP) is 5.03. The first-order valence-electron chi connectivity index (χ1n) is 9.92. The van der Waals surface area contributed by atoms with Crippen molar-refractivity contribution in [1.82, 2.24) is 9.78 Å². The number of aryl methyl sites for hydroxylation is 2. The number of carbonyl (C=O) groups excluding carboxylic acids is 1. The Balaban J connectivity index is 1.60. The van der Waals surface area contributed by atoms with Crippen LogP contribution in [0.4, 0.5) is 14.5 Å². The van der Waals surface area contributed by atoms with E-state index < -0.39 is 28.9 Å². The van der Waals surface area contributed by atoms with E-state index in [4.69, 9.17) is 4.42 Å². The average Bonchev–Trinajstić information content (AvgIpc) is 3.15. The third-order valence-corrected chi connectivity index (χ3v) is 5.03. The van der Waals surface area contributed by atoms with Crippen LogP contribution in [0.3, 0.4) is 0 Å². The number of nitrogens with one attached hydrogen (secondary N) is 1. The maximum absolute atomic E-state index is 13.8. The Bertz CT molecular complexity index is 1340. The van der Waals surface area contributed by atoms with E-state index in [0.717, 1.165) is 28.8 Å². The smallest absolute Gasteiger partial charge is 0.388 e. The molecule has 0 saturated carbocycles. The van der Waals surface area contributed by atoms with Crippen LogP contribution in [-0.2, 0) is 6.54 Å². The lowest BCUT2D eigenvalue weighted by Crippen LogP contribution is -2.15. The lowest BCUT2D eigenvalue weighted by Gasteiger charge is -2.10. The minimum Gasteiger partial charge on any atom is -0.388 e. The fourth-order valence-electron chi connectivity index (χ4n) is 3.33. The fraction of sp³-hybridized carbons (Fsp3) is 0.125. The lowest BCUT2D eigenvalue weighted by molar-refractivity contribution is 0.101. The number of aromatic nitrogens is 2. The first-order valence-corrected chi connectivity index (χ1v) is 9.92. The molecule has 0 unspecified atom stereocenters. The van der Waals surface area contributed by atoms with Gasteiger partial charge in [0.15, 0.2) is 0 Å².